The second kappa shape index (κ2) is 11.0. The lowest BCUT2D eigenvalue weighted by Gasteiger charge is -2.30. The molecule has 0 radical (unpaired) electrons. The molecule has 3 aliphatic rings. The molecule has 0 aromatic rings. The van der Waals surface area contributed by atoms with E-state index in [1.54, 1.807) is 0 Å². The van der Waals surface area contributed by atoms with Crippen LogP contribution in [0.3, 0.4) is 0 Å². The zero-order valence-electron chi connectivity index (χ0n) is 18.1. The van der Waals surface area contributed by atoms with Gasteiger partial charge in [-0.3, -0.25) is 9.79 Å². The molecule has 0 spiro atoms. The molecule has 2 unspecified atom stereocenters. The predicted molar refractivity (Wildman–Crippen MR) is 116 cm³/mol. The zero-order chi connectivity index (χ0) is 19.8. The maximum atomic E-state index is 12.6. The fraction of sp³-hybridized carbons (Fsp3) is 0.909. The van der Waals surface area contributed by atoms with Gasteiger partial charge >= 0.3 is 0 Å². The van der Waals surface area contributed by atoms with Crippen molar-refractivity contribution in [1.29, 1.82) is 0 Å². The van der Waals surface area contributed by atoms with E-state index in [1.807, 2.05) is 7.05 Å². The lowest BCUT2D eigenvalue weighted by atomic mass is 10.0. The van der Waals surface area contributed by atoms with Crippen molar-refractivity contribution in [3.63, 3.8) is 0 Å². The first-order valence-electron chi connectivity index (χ1n) is 11.6. The van der Waals surface area contributed by atoms with Gasteiger partial charge in [0, 0.05) is 45.2 Å². The van der Waals surface area contributed by atoms with Gasteiger partial charge < -0.3 is 20.4 Å². The minimum Gasteiger partial charge on any atom is -0.356 e. The number of carbonyl (C=O) groups is 1. The number of likely N-dealkylation sites (tertiary alicyclic amines) is 2. The number of carbonyl (C=O) groups excluding carboxylic acids is 1. The largest absolute Gasteiger partial charge is 0.356 e. The second-order valence-electron chi connectivity index (χ2n) is 9.15. The number of unbranched alkanes of at least 4 members (excludes halogenated alkanes) is 1. The first-order chi connectivity index (χ1) is 13.7. The van der Waals surface area contributed by atoms with E-state index in [1.165, 1.54) is 58.2 Å². The van der Waals surface area contributed by atoms with Crippen LogP contribution in [0.1, 0.15) is 64.7 Å². The van der Waals surface area contributed by atoms with Crippen LogP contribution in [0.15, 0.2) is 4.99 Å². The molecule has 28 heavy (non-hydrogen) atoms. The molecule has 6 nitrogen and oxygen atoms in total. The highest BCUT2D eigenvalue weighted by Gasteiger charge is 2.32. The summed E-state index contributed by atoms with van der Waals surface area (Å²) in [7, 11) is 1.83. The summed E-state index contributed by atoms with van der Waals surface area (Å²) >= 11 is 0. The molecule has 3 rings (SSSR count). The Labute approximate surface area is 171 Å². The van der Waals surface area contributed by atoms with E-state index in [9.17, 15) is 4.79 Å². The maximum Gasteiger partial charge on any atom is 0.225 e. The topological polar surface area (TPSA) is 60.0 Å². The lowest BCUT2D eigenvalue weighted by Crippen LogP contribution is -2.45. The van der Waals surface area contributed by atoms with Crippen molar-refractivity contribution in [1.82, 2.24) is 20.4 Å². The van der Waals surface area contributed by atoms with Gasteiger partial charge in [-0.15, -0.1) is 0 Å². The fourth-order valence-corrected chi connectivity index (χ4v) is 5.05. The average Bonchev–Trinajstić information content (AvgIpc) is 3.38. The van der Waals surface area contributed by atoms with E-state index < -0.39 is 0 Å². The van der Waals surface area contributed by atoms with Crippen molar-refractivity contribution in [2.45, 2.75) is 70.8 Å². The smallest absolute Gasteiger partial charge is 0.225 e. The molecule has 160 valence electrons. The van der Waals surface area contributed by atoms with Gasteiger partial charge in [0.05, 0.1) is 0 Å². The third-order valence-electron chi connectivity index (χ3n) is 6.70. The highest BCUT2D eigenvalue weighted by Crippen LogP contribution is 2.27. The van der Waals surface area contributed by atoms with Gasteiger partial charge in [0.25, 0.3) is 0 Å². The number of amides is 1. The molecule has 2 atom stereocenters. The summed E-state index contributed by atoms with van der Waals surface area (Å²) in [5, 5.41) is 6.98. The molecule has 0 aromatic heterocycles. The van der Waals surface area contributed by atoms with E-state index in [0.29, 0.717) is 17.9 Å². The van der Waals surface area contributed by atoms with Crippen molar-refractivity contribution in [3.8, 4) is 0 Å². The van der Waals surface area contributed by atoms with Crippen molar-refractivity contribution >= 4 is 11.9 Å². The van der Waals surface area contributed by atoms with Crippen LogP contribution in [0.2, 0.25) is 0 Å². The number of hydrogen-bond acceptors (Lipinski definition) is 3. The molecule has 1 aliphatic carbocycles. The van der Waals surface area contributed by atoms with Crippen molar-refractivity contribution in [2.75, 3.05) is 46.3 Å². The molecular formula is C22H41N5O. The number of nitrogens with one attached hydrogen (secondary N) is 2. The Bertz CT molecular complexity index is 517. The second-order valence-corrected chi connectivity index (χ2v) is 9.15. The molecule has 3 fully saturated rings. The number of rotatable bonds is 7. The third-order valence-corrected chi connectivity index (χ3v) is 6.70. The molecular weight excluding hydrogens is 350 g/mol. The molecule has 2 saturated heterocycles. The van der Waals surface area contributed by atoms with Crippen LogP contribution in [-0.4, -0.2) is 74.0 Å². The van der Waals surface area contributed by atoms with E-state index >= 15 is 0 Å². The highest BCUT2D eigenvalue weighted by molar-refractivity contribution is 5.81. The molecule has 0 aromatic carbocycles. The number of guanidine groups is 1. The Morgan fingerprint density at radius 2 is 1.86 bits per heavy atom. The third kappa shape index (κ3) is 6.36. The van der Waals surface area contributed by atoms with Gasteiger partial charge in [0.15, 0.2) is 5.96 Å². The summed E-state index contributed by atoms with van der Waals surface area (Å²) in [6, 6.07) is 0.325. The number of piperidine rings is 1. The van der Waals surface area contributed by atoms with Gasteiger partial charge in [-0.2, -0.15) is 0 Å². The molecule has 2 aliphatic heterocycles. The van der Waals surface area contributed by atoms with Crippen LogP contribution in [0.5, 0.6) is 0 Å². The Hall–Kier alpha value is -1.30. The molecule has 0 bridgehead atoms. The number of aliphatic imine (C=N–C) groups is 1. The number of hydrogen-bond donors (Lipinski definition) is 2. The summed E-state index contributed by atoms with van der Waals surface area (Å²) in [5.74, 6) is 2.42. The first-order valence-corrected chi connectivity index (χ1v) is 11.6. The average molecular weight is 392 g/mol. The standard InChI is InChI=1S/C22H41N5O/c1-18-8-7-14-26(16-18)13-6-5-12-24-22(23-2)25-20-11-15-27(17-20)21(28)19-9-3-4-10-19/h18-20H,3-17H2,1-2H3,(H2,23,24,25). The van der Waals surface area contributed by atoms with Crippen LogP contribution < -0.4 is 10.6 Å². The van der Waals surface area contributed by atoms with Gasteiger partial charge in [0.2, 0.25) is 5.91 Å². The SMILES string of the molecule is CN=C(NCCCCN1CCCC(C)C1)NC1CCN(C(=O)C2CCCC2)C1. The van der Waals surface area contributed by atoms with E-state index in [2.05, 4.69) is 32.3 Å². The van der Waals surface area contributed by atoms with Crippen LogP contribution in [0.25, 0.3) is 0 Å². The Balaban J connectivity index is 1.29. The van der Waals surface area contributed by atoms with E-state index in [4.69, 9.17) is 0 Å². The summed E-state index contributed by atoms with van der Waals surface area (Å²) in [5.41, 5.74) is 0. The fourth-order valence-electron chi connectivity index (χ4n) is 5.05. The highest BCUT2D eigenvalue weighted by atomic mass is 16.2. The zero-order valence-corrected chi connectivity index (χ0v) is 18.1. The molecule has 1 saturated carbocycles. The summed E-state index contributed by atoms with van der Waals surface area (Å²) in [4.78, 5) is 21.7. The Morgan fingerprint density at radius 1 is 1.04 bits per heavy atom. The summed E-state index contributed by atoms with van der Waals surface area (Å²) in [6.07, 6.45) is 10.8. The first kappa shape index (κ1) is 21.4. The minimum absolute atomic E-state index is 0.291. The van der Waals surface area contributed by atoms with E-state index in [-0.39, 0.29) is 0 Å². The van der Waals surface area contributed by atoms with Gasteiger partial charge in [-0.05, 0) is 64.0 Å². The van der Waals surface area contributed by atoms with Gasteiger partial charge in [-0.25, -0.2) is 0 Å². The Morgan fingerprint density at radius 3 is 2.61 bits per heavy atom. The Kier molecular flexibility index (Phi) is 8.44. The van der Waals surface area contributed by atoms with Crippen LogP contribution in [-0.2, 0) is 4.79 Å². The van der Waals surface area contributed by atoms with Crippen molar-refractivity contribution < 1.29 is 4.79 Å². The van der Waals surface area contributed by atoms with Gasteiger partial charge in [-0.1, -0.05) is 19.8 Å². The monoisotopic (exact) mass is 391 g/mol. The molecule has 6 heteroatoms. The normalized spacial score (nSPS) is 27.4. The molecule has 2 N–H and O–H groups in total. The van der Waals surface area contributed by atoms with Gasteiger partial charge in [0.1, 0.15) is 0 Å². The molecule has 1 amide bonds. The predicted octanol–water partition coefficient (Wildman–Crippen LogP) is 2.45. The molecule has 2 heterocycles. The number of nitrogens with zero attached hydrogens (tertiary/aromatic N) is 3. The van der Waals surface area contributed by atoms with Crippen molar-refractivity contribution in [3.05, 3.63) is 0 Å². The van der Waals surface area contributed by atoms with Crippen molar-refractivity contribution in [2.24, 2.45) is 16.8 Å². The quantitative estimate of drug-likeness (QED) is 0.398. The lowest BCUT2D eigenvalue weighted by molar-refractivity contribution is -0.134. The van der Waals surface area contributed by atoms with E-state index in [0.717, 1.165) is 50.8 Å². The van der Waals surface area contributed by atoms with Crippen LogP contribution in [0.4, 0.5) is 0 Å². The van der Waals surface area contributed by atoms with Crippen LogP contribution >= 0.6 is 0 Å². The summed E-state index contributed by atoms with van der Waals surface area (Å²) < 4.78 is 0. The maximum absolute atomic E-state index is 12.6. The minimum atomic E-state index is 0.291. The van der Waals surface area contributed by atoms with Crippen LogP contribution in [0, 0.1) is 11.8 Å². The summed E-state index contributed by atoms with van der Waals surface area (Å²) in [6.45, 7) is 8.81.